The maximum absolute atomic E-state index is 4.75. The molecule has 3 heteroatoms. The summed E-state index contributed by atoms with van der Waals surface area (Å²) in [7, 11) is 0. The average Bonchev–Trinajstić information content (AvgIpc) is 3.47. The Morgan fingerprint density at radius 2 is 0.930 bits per heavy atom. The number of para-hydroxylation sites is 2. The van der Waals surface area contributed by atoms with Crippen molar-refractivity contribution in [2.24, 2.45) is 0 Å². The summed E-state index contributed by atoms with van der Waals surface area (Å²) in [6, 6.07) is 52.1. The van der Waals surface area contributed by atoms with E-state index in [0.29, 0.717) is 0 Å². The van der Waals surface area contributed by atoms with Crippen LogP contribution in [0.5, 0.6) is 0 Å². The molecule has 3 nitrogen and oxygen atoms in total. The van der Waals surface area contributed by atoms with E-state index in [0.717, 1.165) is 38.8 Å². The molecule has 2 aromatic heterocycles. The van der Waals surface area contributed by atoms with E-state index in [-0.39, 0.29) is 0 Å². The summed E-state index contributed by atoms with van der Waals surface area (Å²) in [5.74, 6) is 0.721. The lowest BCUT2D eigenvalue weighted by Gasteiger charge is -2.18. The van der Waals surface area contributed by atoms with Gasteiger partial charge in [0.15, 0.2) is 0 Å². The Morgan fingerprint density at radius 1 is 0.395 bits per heavy atom. The average molecular weight is 548 g/mol. The molecule has 7 aromatic carbocycles. The van der Waals surface area contributed by atoms with E-state index in [4.69, 9.17) is 9.97 Å². The Hall–Kier alpha value is -5.80. The summed E-state index contributed by atoms with van der Waals surface area (Å²) in [6.07, 6.45) is 1.96. The molecular formula is C40H25N3. The highest BCUT2D eigenvalue weighted by Gasteiger charge is 2.17. The normalized spacial score (nSPS) is 11.7. The van der Waals surface area contributed by atoms with Gasteiger partial charge in [-0.05, 0) is 73.1 Å². The van der Waals surface area contributed by atoms with Gasteiger partial charge in [0.2, 0.25) is 5.78 Å². The molecule has 0 saturated carbocycles. The van der Waals surface area contributed by atoms with Gasteiger partial charge in [0.25, 0.3) is 0 Å². The van der Waals surface area contributed by atoms with Crippen LogP contribution in [0.1, 0.15) is 0 Å². The predicted molar refractivity (Wildman–Crippen MR) is 179 cm³/mol. The van der Waals surface area contributed by atoms with E-state index in [1.54, 1.807) is 0 Å². The fourth-order valence-electron chi connectivity index (χ4n) is 6.77. The van der Waals surface area contributed by atoms with Gasteiger partial charge in [0, 0.05) is 11.6 Å². The molecule has 43 heavy (non-hydrogen) atoms. The Balaban J connectivity index is 1.24. The van der Waals surface area contributed by atoms with Gasteiger partial charge in [-0.3, -0.25) is 4.40 Å². The van der Waals surface area contributed by atoms with Crippen LogP contribution in [0.15, 0.2) is 152 Å². The summed E-state index contributed by atoms with van der Waals surface area (Å²) < 4.78 is 2.16. The quantitative estimate of drug-likeness (QED) is 0.206. The highest BCUT2D eigenvalue weighted by Crippen LogP contribution is 2.44. The zero-order chi connectivity index (χ0) is 28.3. The van der Waals surface area contributed by atoms with E-state index in [9.17, 15) is 0 Å². The summed E-state index contributed by atoms with van der Waals surface area (Å²) in [4.78, 5) is 9.49. The van der Waals surface area contributed by atoms with E-state index in [1.165, 1.54) is 43.8 Å². The van der Waals surface area contributed by atoms with Crippen LogP contribution in [0, 0.1) is 0 Å². The Labute approximate surface area is 248 Å². The maximum Gasteiger partial charge on any atom is 0.235 e. The summed E-state index contributed by atoms with van der Waals surface area (Å²) in [6.45, 7) is 0. The maximum atomic E-state index is 4.75. The lowest BCUT2D eigenvalue weighted by molar-refractivity contribution is 1.19. The number of aromatic nitrogens is 3. The van der Waals surface area contributed by atoms with Crippen LogP contribution in [0.2, 0.25) is 0 Å². The van der Waals surface area contributed by atoms with Gasteiger partial charge in [-0.1, -0.05) is 127 Å². The van der Waals surface area contributed by atoms with Crippen molar-refractivity contribution in [3.05, 3.63) is 152 Å². The van der Waals surface area contributed by atoms with Crippen LogP contribution in [0.25, 0.3) is 82.6 Å². The third-order valence-electron chi connectivity index (χ3n) is 8.65. The van der Waals surface area contributed by atoms with E-state index < -0.39 is 0 Å². The molecule has 9 aromatic rings. The molecular weight excluding hydrogens is 522 g/mol. The van der Waals surface area contributed by atoms with Gasteiger partial charge < -0.3 is 0 Å². The van der Waals surface area contributed by atoms with E-state index in [2.05, 4.69) is 138 Å². The van der Waals surface area contributed by atoms with Crippen molar-refractivity contribution in [2.75, 3.05) is 0 Å². The van der Waals surface area contributed by atoms with Gasteiger partial charge in [0.05, 0.1) is 16.6 Å². The van der Waals surface area contributed by atoms with Crippen LogP contribution in [0.4, 0.5) is 0 Å². The molecule has 0 amide bonds. The molecule has 0 radical (unpaired) electrons. The van der Waals surface area contributed by atoms with E-state index >= 15 is 0 Å². The lowest BCUT2D eigenvalue weighted by Crippen LogP contribution is -1.93. The lowest BCUT2D eigenvalue weighted by atomic mass is 9.85. The minimum absolute atomic E-state index is 0.721. The molecule has 0 fully saturated rings. The smallest absolute Gasteiger partial charge is 0.235 e. The van der Waals surface area contributed by atoms with Crippen molar-refractivity contribution in [1.29, 1.82) is 0 Å². The molecule has 0 unspecified atom stereocenters. The molecule has 0 bridgehead atoms. The molecule has 0 aliphatic heterocycles. The Kier molecular flexibility index (Phi) is 5.20. The van der Waals surface area contributed by atoms with Crippen LogP contribution in [-0.4, -0.2) is 14.4 Å². The molecule has 2 heterocycles. The molecule has 0 spiro atoms. The topological polar surface area (TPSA) is 30.2 Å². The summed E-state index contributed by atoms with van der Waals surface area (Å²) in [5.41, 5.74) is 10.4. The number of hydrogen-bond donors (Lipinski definition) is 0. The molecule has 0 atom stereocenters. The Morgan fingerprint density at radius 3 is 1.60 bits per heavy atom. The van der Waals surface area contributed by atoms with Gasteiger partial charge in [-0.25, -0.2) is 9.97 Å². The highest BCUT2D eigenvalue weighted by atomic mass is 15.1. The molecule has 9 rings (SSSR count). The number of nitrogens with zero attached hydrogens (tertiary/aromatic N) is 3. The number of imidazole rings is 1. The fraction of sp³-hybridized carbons (Fsp3) is 0. The first-order valence-corrected chi connectivity index (χ1v) is 14.6. The molecule has 200 valence electrons. The van der Waals surface area contributed by atoms with Crippen molar-refractivity contribution in [2.45, 2.75) is 0 Å². The summed E-state index contributed by atoms with van der Waals surface area (Å²) >= 11 is 0. The summed E-state index contributed by atoms with van der Waals surface area (Å²) in [5, 5.41) is 6.16. The van der Waals surface area contributed by atoms with Crippen molar-refractivity contribution in [3.8, 4) is 33.4 Å². The molecule has 0 aliphatic carbocycles. The van der Waals surface area contributed by atoms with Gasteiger partial charge in [0.1, 0.15) is 0 Å². The van der Waals surface area contributed by atoms with Crippen molar-refractivity contribution in [1.82, 2.24) is 14.4 Å². The minimum Gasteiger partial charge on any atom is -0.276 e. The number of fused-ring (bicyclic) bond motifs is 7. The SMILES string of the molecule is c1ccc(-c2c3ccccc3c(-c3ccc(-c4cccc5c4cnc4nc6ccccc6n45)cc3)c3ccccc23)cc1. The van der Waals surface area contributed by atoms with Crippen LogP contribution < -0.4 is 0 Å². The second kappa shape index (κ2) is 9.37. The zero-order valence-electron chi connectivity index (χ0n) is 23.3. The first kappa shape index (κ1) is 23.9. The Bertz CT molecular complexity index is 2430. The standard InChI is InChI=1S/C40H25N3/c1-2-11-27(12-3-1)38-30-13-4-6-15-32(30)39(33-16-7-5-14-31(33)38)28-23-21-26(22-24-28)29-17-10-20-36-34(29)25-41-40-42-35-18-8-9-19-37(35)43(36)40/h1-25H. The largest absolute Gasteiger partial charge is 0.276 e. The van der Waals surface area contributed by atoms with Gasteiger partial charge in [-0.15, -0.1) is 0 Å². The zero-order valence-corrected chi connectivity index (χ0v) is 23.3. The van der Waals surface area contributed by atoms with Gasteiger partial charge in [-0.2, -0.15) is 0 Å². The minimum atomic E-state index is 0.721. The first-order chi connectivity index (χ1) is 21.3. The third-order valence-corrected chi connectivity index (χ3v) is 8.65. The molecule has 0 N–H and O–H groups in total. The first-order valence-electron chi connectivity index (χ1n) is 14.6. The fourth-order valence-corrected chi connectivity index (χ4v) is 6.77. The second-order valence-electron chi connectivity index (χ2n) is 11.0. The van der Waals surface area contributed by atoms with Crippen LogP contribution >= 0.6 is 0 Å². The van der Waals surface area contributed by atoms with Gasteiger partial charge >= 0.3 is 0 Å². The van der Waals surface area contributed by atoms with E-state index in [1.807, 2.05) is 18.3 Å². The highest BCUT2D eigenvalue weighted by molar-refractivity contribution is 6.21. The van der Waals surface area contributed by atoms with Crippen molar-refractivity contribution >= 4 is 49.3 Å². The van der Waals surface area contributed by atoms with Crippen LogP contribution in [0.3, 0.4) is 0 Å². The predicted octanol–water partition coefficient (Wildman–Crippen LogP) is 10.3. The van der Waals surface area contributed by atoms with Crippen molar-refractivity contribution < 1.29 is 0 Å². The third kappa shape index (κ3) is 3.62. The second-order valence-corrected chi connectivity index (χ2v) is 11.0. The number of rotatable bonds is 3. The monoisotopic (exact) mass is 547 g/mol. The number of benzene rings is 7. The van der Waals surface area contributed by atoms with Crippen LogP contribution in [-0.2, 0) is 0 Å². The van der Waals surface area contributed by atoms with Crippen molar-refractivity contribution in [3.63, 3.8) is 0 Å². The number of hydrogen-bond acceptors (Lipinski definition) is 2. The molecule has 0 saturated heterocycles. The molecule has 0 aliphatic rings.